The summed E-state index contributed by atoms with van der Waals surface area (Å²) in [7, 11) is 0. The van der Waals surface area contributed by atoms with Gasteiger partial charge in [-0.1, -0.05) is 11.6 Å². The minimum atomic E-state index is -0.209. The predicted octanol–water partition coefficient (Wildman–Crippen LogP) is 4.03. The van der Waals surface area contributed by atoms with E-state index in [2.05, 4.69) is 5.32 Å². The second-order valence-electron chi connectivity index (χ2n) is 6.66. The van der Waals surface area contributed by atoms with Gasteiger partial charge in [-0.2, -0.15) is 0 Å². The number of hydrogen-bond donors (Lipinski definition) is 1. The lowest BCUT2D eigenvalue weighted by Crippen LogP contribution is -2.40. The quantitative estimate of drug-likeness (QED) is 0.815. The average molecular weight is 407 g/mol. The van der Waals surface area contributed by atoms with E-state index in [-0.39, 0.29) is 17.9 Å². The van der Waals surface area contributed by atoms with E-state index in [1.807, 2.05) is 24.0 Å². The summed E-state index contributed by atoms with van der Waals surface area (Å²) in [6.07, 6.45) is 1.48. The predicted molar refractivity (Wildman–Crippen MR) is 108 cm³/mol. The van der Waals surface area contributed by atoms with Crippen LogP contribution in [-0.4, -0.2) is 35.9 Å². The van der Waals surface area contributed by atoms with Crippen molar-refractivity contribution in [1.82, 2.24) is 10.2 Å². The van der Waals surface area contributed by atoms with Gasteiger partial charge >= 0.3 is 0 Å². The van der Waals surface area contributed by atoms with Gasteiger partial charge in [0.1, 0.15) is 11.9 Å². The van der Waals surface area contributed by atoms with Gasteiger partial charge in [-0.05, 0) is 37.3 Å². The number of hydrogen-bond acceptors (Lipinski definition) is 4. The van der Waals surface area contributed by atoms with Crippen molar-refractivity contribution < 1.29 is 14.3 Å². The molecule has 3 rings (SSSR count). The molecule has 1 aromatic heterocycles. The summed E-state index contributed by atoms with van der Waals surface area (Å²) in [4.78, 5) is 28.3. The van der Waals surface area contributed by atoms with Crippen molar-refractivity contribution in [3.05, 3.63) is 50.7 Å². The van der Waals surface area contributed by atoms with Crippen LogP contribution in [0.1, 0.15) is 39.9 Å². The standard InChI is InChI=1S/C20H23ClN2O3S/c1-13-3-5-17(27-13)12-22-20(25)18-11-15(21)4-6-19(18)26-16-7-9-23(10-8-16)14(2)24/h3-6,11,16H,7-10,12H2,1-2H3,(H,22,25). The summed E-state index contributed by atoms with van der Waals surface area (Å²) in [6.45, 7) is 5.44. The largest absolute Gasteiger partial charge is 0.489 e. The summed E-state index contributed by atoms with van der Waals surface area (Å²) in [5, 5.41) is 3.43. The number of carbonyl (C=O) groups excluding carboxylic acids is 2. The van der Waals surface area contributed by atoms with Crippen LogP contribution in [0, 0.1) is 6.92 Å². The lowest BCUT2D eigenvalue weighted by Gasteiger charge is -2.31. The van der Waals surface area contributed by atoms with Gasteiger partial charge in [-0.25, -0.2) is 0 Å². The van der Waals surface area contributed by atoms with Crippen LogP contribution in [0.5, 0.6) is 5.75 Å². The molecule has 1 saturated heterocycles. The van der Waals surface area contributed by atoms with Crippen molar-refractivity contribution in [1.29, 1.82) is 0 Å². The second-order valence-corrected chi connectivity index (χ2v) is 8.47. The summed E-state index contributed by atoms with van der Waals surface area (Å²) in [5.74, 6) is 0.407. The van der Waals surface area contributed by atoms with Crippen LogP contribution in [0.15, 0.2) is 30.3 Å². The fourth-order valence-corrected chi connectivity index (χ4v) is 4.10. The molecule has 0 aliphatic carbocycles. The van der Waals surface area contributed by atoms with Crippen molar-refractivity contribution >= 4 is 34.8 Å². The zero-order chi connectivity index (χ0) is 19.4. The fraction of sp³-hybridized carbons (Fsp3) is 0.400. The zero-order valence-corrected chi connectivity index (χ0v) is 17.0. The number of nitrogens with zero attached hydrogens (tertiary/aromatic N) is 1. The fourth-order valence-electron chi connectivity index (χ4n) is 3.09. The Labute approximate surface area is 168 Å². The van der Waals surface area contributed by atoms with Gasteiger partial charge < -0.3 is 15.0 Å². The zero-order valence-electron chi connectivity index (χ0n) is 15.5. The van der Waals surface area contributed by atoms with Crippen molar-refractivity contribution in [3.8, 4) is 5.75 Å². The number of piperidine rings is 1. The molecule has 1 aliphatic rings. The van der Waals surface area contributed by atoms with Gasteiger partial charge in [-0.15, -0.1) is 11.3 Å². The molecule has 27 heavy (non-hydrogen) atoms. The molecule has 0 saturated carbocycles. The highest BCUT2D eigenvalue weighted by Crippen LogP contribution is 2.26. The smallest absolute Gasteiger partial charge is 0.255 e. The molecular weight excluding hydrogens is 384 g/mol. The van der Waals surface area contributed by atoms with Gasteiger partial charge in [-0.3, -0.25) is 9.59 Å². The van der Waals surface area contributed by atoms with Crippen LogP contribution in [0.4, 0.5) is 0 Å². The highest BCUT2D eigenvalue weighted by Gasteiger charge is 2.24. The number of nitrogens with one attached hydrogen (secondary N) is 1. The molecule has 2 aromatic rings. The van der Waals surface area contributed by atoms with Crippen molar-refractivity contribution in [2.75, 3.05) is 13.1 Å². The minimum absolute atomic E-state index is 0.0201. The highest BCUT2D eigenvalue weighted by atomic mass is 35.5. The first-order valence-corrected chi connectivity index (χ1v) is 10.2. The molecule has 1 aliphatic heterocycles. The molecule has 7 heteroatoms. The third-order valence-corrected chi connectivity index (χ3v) is 5.82. The normalized spacial score (nSPS) is 14.9. The Morgan fingerprint density at radius 1 is 1.26 bits per heavy atom. The maximum absolute atomic E-state index is 12.7. The number of halogens is 1. The number of likely N-dealkylation sites (tertiary alicyclic amines) is 1. The number of carbonyl (C=O) groups is 2. The van der Waals surface area contributed by atoms with Gasteiger partial charge in [0.15, 0.2) is 0 Å². The number of thiophene rings is 1. The second kappa shape index (κ2) is 8.76. The van der Waals surface area contributed by atoms with Crippen molar-refractivity contribution in [3.63, 3.8) is 0 Å². The maximum atomic E-state index is 12.7. The topological polar surface area (TPSA) is 58.6 Å². The number of rotatable bonds is 5. The Balaban J connectivity index is 1.65. The molecule has 1 fully saturated rings. The highest BCUT2D eigenvalue weighted by molar-refractivity contribution is 7.11. The molecular formula is C20H23ClN2O3S. The van der Waals surface area contributed by atoms with E-state index >= 15 is 0 Å². The number of ether oxygens (including phenoxy) is 1. The lowest BCUT2D eigenvalue weighted by atomic mass is 10.1. The van der Waals surface area contributed by atoms with Gasteiger partial charge in [0.25, 0.3) is 5.91 Å². The molecule has 0 unspecified atom stereocenters. The number of aryl methyl sites for hydroxylation is 1. The Kier molecular flexibility index (Phi) is 6.39. The monoisotopic (exact) mass is 406 g/mol. The molecule has 1 aromatic carbocycles. The number of benzene rings is 1. The van der Waals surface area contributed by atoms with E-state index in [0.29, 0.717) is 36.0 Å². The molecule has 1 N–H and O–H groups in total. The van der Waals surface area contributed by atoms with E-state index in [1.54, 1.807) is 36.5 Å². The first kappa shape index (κ1) is 19.7. The van der Waals surface area contributed by atoms with E-state index in [0.717, 1.165) is 17.7 Å². The SMILES string of the molecule is CC(=O)N1CCC(Oc2ccc(Cl)cc2C(=O)NCc2ccc(C)s2)CC1. The molecule has 144 valence electrons. The van der Waals surface area contributed by atoms with E-state index in [4.69, 9.17) is 16.3 Å². The summed E-state index contributed by atoms with van der Waals surface area (Å²) >= 11 is 7.76. The van der Waals surface area contributed by atoms with Crippen LogP contribution < -0.4 is 10.1 Å². The summed E-state index contributed by atoms with van der Waals surface area (Å²) in [6, 6.07) is 9.15. The molecule has 5 nitrogen and oxygen atoms in total. The van der Waals surface area contributed by atoms with Crippen LogP contribution in [-0.2, 0) is 11.3 Å². The van der Waals surface area contributed by atoms with Gasteiger partial charge in [0.2, 0.25) is 5.91 Å². The van der Waals surface area contributed by atoms with E-state index in [9.17, 15) is 9.59 Å². The third-order valence-electron chi connectivity index (χ3n) is 4.59. The van der Waals surface area contributed by atoms with Crippen LogP contribution >= 0.6 is 22.9 Å². The molecule has 2 heterocycles. The van der Waals surface area contributed by atoms with Crippen molar-refractivity contribution in [2.24, 2.45) is 0 Å². The Morgan fingerprint density at radius 3 is 2.63 bits per heavy atom. The van der Waals surface area contributed by atoms with Crippen LogP contribution in [0.25, 0.3) is 0 Å². The average Bonchev–Trinajstić information content (AvgIpc) is 3.07. The molecule has 0 radical (unpaired) electrons. The summed E-state index contributed by atoms with van der Waals surface area (Å²) < 4.78 is 6.09. The van der Waals surface area contributed by atoms with Gasteiger partial charge in [0.05, 0.1) is 12.1 Å². The molecule has 0 spiro atoms. The molecule has 2 amide bonds. The Morgan fingerprint density at radius 2 is 2.00 bits per heavy atom. The number of amides is 2. The first-order valence-electron chi connectivity index (χ1n) is 8.97. The third kappa shape index (κ3) is 5.23. The van der Waals surface area contributed by atoms with Gasteiger partial charge in [0, 0.05) is 47.6 Å². The Bertz CT molecular complexity index is 828. The Hall–Kier alpha value is -2.05. The van der Waals surface area contributed by atoms with Crippen LogP contribution in [0.2, 0.25) is 5.02 Å². The van der Waals surface area contributed by atoms with Crippen molar-refractivity contribution in [2.45, 2.75) is 39.3 Å². The minimum Gasteiger partial charge on any atom is -0.489 e. The maximum Gasteiger partial charge on any atom is 0.255 e. The molecule has 0 atom stereocenters. The molecule has 0 bridgehead atoms. The van der Waals surface area contributed by atoms with E-state index in [1.165, 1.54) is 4.88 Å². The van der Waals surface area contributed by atoms with E-state index < -0.39 is 0 Å². The lowest BCUT2D eigenvalue weighted by molar-refractivity contribution is -0.130. The first-order chi connectivity index (χ1) is 12.9. The van der Waals surface area contributed by atoms with Crippen LogP contribution in [0.3, 0.4) is 0 Å². The summed E-state index contributed by atoms with van der Waals surface area (Å²) in [5.41, 5.74) is 0.435.